The number of allylic oxidation sites excluding steroid dienone is 1. The molecule has 3 nitrogen and oxygen atoms in total. The summed E-state index contributed by atoms with van der Waals surface area (Å²) in [5.41, 5.74) is 0. The third-order valence-corrected chi connectivity index (χ3v) is 5.06. The van der Waals surface area contributed by atoms with E-state index in [2.05, 4.69) is 6.92 Å². The van der Waals surface area contributed by atoms with Gasteiger partial charge in [-0.15, -0.1) is 0 Å². The van der Waals surface area contributed by atoms with Gasteiger partial charge in [0.1, 0.15) is 5.75 Å². The normalized spacial score (nSPS) is 13.8. The van der Waals surface area contributed by atoms with E-state index in [1.54, 1.807) is 6.08 Å². The van der Waals surface area contributed by atoms with Gasteiger partial charge in [-0.05, 0) is 37.1 Å². The number of rotatable bonds is 7. The number of aromatic hydroxyl groups is 1. The van der Waals surface area contributed by atoms with Gasteiger partial charge in [0, 0.05) is 0 Å². The summed E-state index contributed by atoms with van der Waals surface area (Å²) in [6.07, 6.45) is 7.08. The Hall–Kier alpha value is -1.29. The number of sulfone groups is 1. The fraction of sp³-hybridized carbons (Fsp3) is 0.467. The molecule has 19 heavy (non-hydrogen) atoms. The third-order valence-electron chi connectivity index (χ3n) is 2.94. The van der Waals surface area contributed by atoms with E-state index >= 15 is 0 Å². The van der Waals surface area contributed by atoms with Crippen LogP contribution in [0.15, 0.2) is 41.3 Å². The lowest BCUT2D eigenvalue weighted by Gasteiger charge is -2.13. The van der Waals surface area contributed by atoms with E-state index < -0.39 is 15.1 Å². The van der Waals surface area contributed by atoms with Crippen molar-refractivity contribution in [1.29, 1.82) is 0 Å². The number of hydrogen-bond donors (Lipinski definition) is 1. The van der Waals surface area contributed by atoms with Gasteiger partial charge in [-0.1, -0.05) is 38.8 Å². The van der Waals surface area contributed by atoms with Gasteiger partial charge in [-0.25, -0.2) is 8.42 Å². The summed E-state index contributed by atoms with van der Waals surface area (Å²) >= 11 is 0. The second kappa shape index (κ2) is 7.34. The minimum Gasteiger partial charge on any atom is -0.508 e. The van der Waals surface area contributed by atoms with Crippen LogP contribution in [0.25, 0.3) is 0 Å². The molecular formula is C15H22O3S. The van der Waals surface area contributed by atoms with Gasteiger partial charge in [0.25, 0.3) is 0 Å². The van der Waals surface area contributed by atoms with Crippen molar-refractivity contribution < 1.29 is 13.5 Å². The predicted octanol–water partition coefficient (Wildman–Crippen LogP) is 3.69. The molecule has 106 valence electrons. The number of phenols is 1. The zero-order valence-electron chi connectivity index (χ0n) is 11.5. The van der Waals surface area contributed by atoms with Gasteiger partial charge in [0.15, 0.2) is 9.84 Å². The van der Waals surface area contributed by atoms with Gasteiger partial charge in [-0.2, -0.15) is 0 Å². The molecule has 1 aromatic carbocycles. The van der Waals surface area contributed by atoms with Crippen LogP contribution in [0.5, 0.6) is 5.75 Å². The second-order valence-corrected chi connectivity index (χ2v) is 6.75. The Balaban J connectivity index is 3.01. The lowest BCUT2D eigenvalue weighted by Crippen LogP contribution is -2.19. The largest absolute Gasteiger partial charge is 0.508 e. The van der Waals surface area contributed by atoms with Crippen molar-refractivity contribution in [2.24, 2.45) is 0 Å². The molecule has 0 saturated carbocycles. The van der Waals surface area contributed by atoms with Crippen molar-refractivity contribution in [2.45, 2.75) is 49.7 Å². The first-order valence-corrected chi connectivity index (χ1v) is 8.26. The van der Waals surface area contributed by atoms with Crippen LogP contribution in [0.4, 0.5) is 0 Å². The Morgan fingerprint density at radius 3 is 2.32 bits per heavy atom. The Morgan fingerprint density at radius 1 is 1.16 bits per heavy atom. The van der Waals surface area contributed by atoms with Crippen molar-refractivity contribution in [3.8, 4) is 5.75 Å². The molecule has 1 rings (SSSR count). The summed E-state index contributed by atoms with van der Waals surface area (Å²) < 4.78 is 25.0. The molecule has 0 spiro atoms. The van der Waals surface area contributed by atoms with Crippen molar-refractivity contribution in [2.75, 3.05) is 0 Å². The average Bonchev–Trinajstić information content (AvgIpc) is 2.38. The fourth-order valence-electron chi connectivity index (χ4n) is 1.86. The van der Waals surface area contributed by atoms with Crippen molar-refractivity contribution >= 4 is 9.84 Å². The fourth-order valence-corrected chi connectivity index (χ4v) is 3.59. The Morgan fingerprint density at radius 2 is 1.79 bits per heavy atom. The summed E-state index contributed by atoms with van der Waals surface area (Å²) in [6.45, 7) is 4.04. The number of unbranched alkanes of at least 4 members (excludes halogenated alkanes) is 1. The van der Waals surface area contributed by atoms with Crippen molar-refractivity contribution in [1.82, 2.24) is 0 Å². The highest BCUT2D eigenvalue weighted by Gasteiger charge is 2.24. The Labute approximate surface area is 115 Å². The van der Waals surface area contributed by atoms with E-state index in [-0.39, 0.29) is 10.6 Å². The summed E-state index contributed by atoms with van der Waals surface area (Å²) in [4.78, 5) is 0.268. The van der Waals surface area contributed by atoms with Crippen LogP contribution in [-0.2, 0) is 9.84 Å². The highest BCUT2D eigenvalue weighted by Crippen LogP contribution is 2.22. The van der Waals surface area contributed by atoms with Crippen LogP contribution in [0.3, 0.4) is 0 Å². The Bertz CT molecular complexity index is 501. The van der Waals surface area contributed by atoms with E-state index in [4.69, 9.17) is 0 Å². The van der Waals surface area contributed by atoms with Crippen molar-refractivity contribution in [3.63, 3.8) is 0 Å². The highest BCUT2D eigenvalue weighted by molar-refractivity contribution is 7.92. The first kappa shape index (κ1) is 15.8. The minimum absolute atomic E-state index is 0.0764. The summed E-state index contributed by atoms with van der Waals surface area (Å²) in [6, 6.07) is 5.74. The summed E-state index contributed by atoms with van der Waals surface area (Å²) in [5.74, 6) is 0.0764. The lowest BCUT2D eigenvalue weighted by atomic mass is 10.2. The molecule has 1 unspecified atom stereocenters. The maximum absolute atomic E-state index is 12.5. The summed E-state index contributed by atoms with van der Waals surface area (Å²) in [7, 11) is -3.36. The molecule has 0 radical (unpaired) electrons. The quantitative estimate of drug-likeness (QED) is 0.776. The first-order chi connectivity index (χ1) is 9.02. The van der Waals surface area contributed by atoms with Crippen LogP contribution in [0, 0.1) is 0 Å². The van der Waals surface area contributed by atoms with E-state index in [1.165, 1.54) is 24.3 Å². The van der Waals surface area contributed by atoms with Crippen LogP contribution in [0.2, 0.25) is 0 Å². The predicted molar refractivity (Wildman–Crippen MR) is 78.0 cm³/mol. The van der Waals surface area contributed by atoms with Crippen LogP contribution in [-0.4, -0.2) is 18.8 Å². The first-order valence-electron chi connectivity index (χ1n) is 6.72. The van der Waals surface area contributed by atoms with E-state index in [0.717, 1.165) is 19.3 Å². The maximum atomic E-state index is 12.5. The standard InChI is InChI=1S/C15H22O3S/c1-3-5-6-8-14(7-4-2)19(17,18)15-11-9-13(16)10-12-15/h6,8-12,14,16H,3-5,7H2,1-2H3/b8-6-. The molecule has 0 saturated heterocycles. The number of phenolic OH excluding ortho intramolecular Hbond substituents is 1. The van der Waals surface area contributed by atoms with Crippen LogP contribution >= 0.6 is 0 Å². The molecule has 0 fully saturated rings. The van der Waals surface area contributed by atoms with Gasteiger partial charge in [-0.3, -0.25) is 0 Å². The van der Waals surface area contributed by atoms with E-state index in [0.29, 0.717) is 6.42 Å². The van der Waals surface area contributed by atoms with Crippen molar-refractivity contribution in [3.05, 3.63) is 36.4 Å². The monoisotopic (exact) mass is 282 g/mol. The topological polar surface area (TPSA) is 54.4 Å². The SMILES string of the molecule is CCC/C=C\C(CCC)S(=O)(=O)c1ccc(O)cc1. The van der Waals surface area contributed by atoms with Gasteiger partial charge >= 0.3 is 0 Å². The average molecular weight is 282 g/mol. The molecule has 1 N–H and O–H groups in total. The van der Waals surface area contributed by atoms with Crippen LogP contribution < -0.4 is 0 Å². The third kappa shape index (κ3) is 4.39. The molecule has 4 heteroatoms. The molecule has 0 aliphatic carbocycles. The number of benzene rings is 1. The van der Waals surface area contributed by atoms with Gasteiger partial charge in [0.2, 0.25) is 0 Å². The molecule has 0 amide bonds. The zero-order valence-corrected chi connectivity index (χ0v) is 12.4. The number of hydrogen-bond acceptors (Lipinski definition) is 3. The lowest BCUT2D eigenvalue weighted by molar-refractivity contribution is 0.474. The Kier molecular flexibility index (Phi) is 6.09. The zero-order chi connectivity index (χ0) is 14.3. The maximum Gasteiger partial charge on any atom is 0.184 e. The second-order valence-electron chi connectivity index (χ2n) is 4.58. The van der Waals surface area contributed by atoms with E-state index in [1.807, 2.05) is 13.0 Å². The molecule has 0 aromatic heterocycles. The summed E-state index contributed by atoms with van der Waals surface area (Å²) in [5, 5.41) is 8.75. The molecule has 1 aromatic rings. The highest BCUT2D eigenvalue weighted by atomic mass is 32.2. The van der Waals surface area contributed by atoms with Gasteiger partial charge < -0.3 is 5.11 Å². The molecule has 0 bridgehead atoms. The molecular weight excluding hydrogens is 260 g/mol. The van der Waals surface area contributed by atoms with Crippen LogP contribution in [0.1, 0.15) is 39.5 Å². The van der Waals surface area contributed by atoms with E-state index in [9.17, 15) is 13.5 Å². The molecule has 0 aliphatic heterocycles. The molecule has 1 atom stereocenters. The molecule has 0 aliphatic rings. The van der Waals surface area contributed by atoms with Gasteiger partial charge in [0.05, 0.1) is 10.1 Å². The minimum atomic E-state index is -3.36. The molecule has 0 heterocycles. The smallest absolute Gasteiger partial charge is 0.184 e.